The summed E-state index contributed by atoms with van der Waals surface area (Å²) in [5.41, 5.74) is 1.64. The maximum Gasteiger partial charge on any atom is 0.352 e. The predicted molar refractivity (Wildman–Crippen MR) is 68.5 cm³/mol. The van der Waals surface area contributed by atoms with Crippen molar-refractivity contribution in [3.63, 3.8) is 0 Å². The molecule has 1 atom stereocenters. The summed E-state index contributed by atoms with van der Waals surface area (Å²) in [5.74, 6) is -1.18. The van der Waals surface area contributed by atoms with E-state index < -0.39 is 5.97 Å². The molecule has 6 nitrogen and oxygen atoms in total. The second-order valence-electron chi connectivity index (χ2n) is 4.86. The zero-order valence-electron chi connectivity index (χ0n) is 11.3. The predicted octanol–water partition coefficient (Wildman–Crippen LogP) is 1.19. The summed E-state index contributed by atoms with van der Waals surface area (Å²) in [6, 6.07) is 0. The van der Waals surface area contributed by atoms with Crippen LogP contribution in [0, 0.1) is 13.8 Å². The Kier molecular flexibility index (Phi) is 3.61. The summed E-state index contributed by atoms with van der Waals surface area (Å²) in [6.07, 6.45) is 0.0104. The zero-order chi connectivity index (χ0) is 14.2. The van der Waals surface area contributed by atoms with Gasteiger partial charge in [0.2, 0.25) is 0 Å². The first-order valence-electron chi connectivity index (χ1n) is 6.25. The van der Waals surface area contributed by atoms with Crippen LogP contribution in [0.2, 0.25) is 0 Å². The fourth-order valence-corrected chi connectivity index (χ4v) is 2.45. The molecule has 0 aromatic carbocycles. The molecule has 0 aliphatic carbocycles. The highest BCUT2D eigenvalue weighted by Crippen LogP contribution is 2.21. The minimum atomic E-state index is -1.05. The normalized spacial score (nSPS) is 19.5. The maximum absolute atomic E-state index is 12.5. The van der Waals surface area contributed by atoms with Gasteiger partial charge in [0.15, 0.2) is 0 Å². The van der Waals surface area contributed by atoms with Crippen molar-refractivity contribution >= 4 is 11.9 Å². The molecule has 6 heteroatoms. The lowest BCUT2D eigenvalue weighted by atomic mass is 10.1. The van der Waals surface area contributed by atoms with Crippen LogP contribution in [-0.4, -0.2) is 52.7 Å². The third-order valence-corrected chi connectivity index (χ3v) is 3.39. The lowest BCUT2D eigenvalue weighted by Crippen LogP contribution is -2.44. The number of carbonyl (C=O) groups excluding carboxylic acids is 1. The third kappa shape index (κ3) is 2.49. The van der Waals surface area contributed by atoms with Crippen molar-refractivity contribution in [2.75, 3.05) is 19.7 Å². The summed E-state index contributed by atoms with van der Waals surface area (Å²) in [7, 11) is 0. The molecule has 0 radical (unpaired) electrons. The van der Waals surface area contributed by atoms with Gasteiger partial charge >= 0.3 is 5.97 Å². The van der Waals surface area contributed by atoms with Gasteiger partial charge in [-0.2, -0.15) is 0 Å². The van der Waals surface area contributed by atoms with Gasteiger partial charge in [-0.05, 0) is 26.3 Å². The Morgan fingerprint density at radius 3 is 2.63 bits per heavy atom. The van der Waals surface area contributed by atoms with E-state index >= 15 is 0 Å². The van der Waals surface area contributed by atoms with Gasteiger partial charge < -0.3 is 19.7 Å². The van der Waals surface area contributed by atoms with Gasteiger partial charge in [-0.15, -0.1) is 0 Å². The first-order valence-corrected chi connectivity index (χ1v) is 6.25. The van der Waals surface area contributed by atoms with Crippen molar-refractivity contribution < 1.29 is 19.4 Å². The largest absolute Gasteiger partial charge is 0.477 e. The first-order chi connectivity index (χ1) is 8.91. The molecule has 1 saturated heterocycles. The number of aromatic amines is 1. The molecule has 1 amide bonds. The Balaban J connectivity index is 2.31. The van der Waals surface area contributed by atoms with Crippen LogP contribution in [0.4, 0.5) is 0 Å². The number of aromatic nitrogens is 1. The molecule has 1 fully saturated rings. The van der Waals surface area contributed by atoms with Gasteiger partial charge in [-0.25, -0.2) is 4.79 Å². The number of carboxylic acids is 1. The van der Waals surface area contributed by atoms with Crippen LogP contribution in [0.5, 0.6) is 0 Å². The molecule has 2 rings (SSSR count). The summed E-state index contributed by atoms with van der Waals surface area (Å²) in [5, 5.41) is 9.06. The smallest absolute Gasteiger partial charge is 0.352 e. The van der Waals surface area contributed by atoms with Crippen LogP contribution in [0.1, 0.15) is 39.0 Å². The van der Waals surface area contributed by atoms with E-state index in [1.54, 1.807) is 18.7 Å². The number of aromatic carboxylic acids is 1. The Morgan fingerprint density at radius 1 is 1.42 bits per heavy atom. The number of morpholine rings is 1. The van der Waals surface area contributed by atoms with Gasteiger partial charge in [0, 0.05) is 18.8 Å². The van der Waals surface area contributed by atoms with Crippen molar-refractivity contribution in [1.29, 1.82) is 0 Å². The second-order valence-corrected chi connectivity index (χ2v) is 4.86. The molecule has 1 aliphatic heterocycles. The molecule has 1 aromatic heterocycles. The van der Waals surface area contributed by atoms with E-state index in [1.807, 2.05) is 6.92 Å². The van der Waals surface area contributed by atoms with Crippen molar-refractivity contribution in [3.8, 4) is 0 Å². The molecule has 0 bridgehead atoms. The molecule has 2 heterocycles. The molecular weight excluding hydrogens is 248 g/mol. The van der Waals surface area contributed by atoms with Crippen LogP contribution >= 0.6 is 0 Å². The molecule has 19 heavy (non-hydrogen) atoms. The topological polar surface area (TPSA) is 82.6 Å². The van der Waals surface area contributed by atoms with Gasteiger partial charge in [-0.3, -0.25) is 4.79 Å². The Bertz CT molecular complexity index is 521. The highest BCUT2D eigenvalue weighted by Gasteiger charge is 2.28. The molecule has 0 spiro atoms. The monoisotopic (exact) mass is 266 g/mol. The van der Waals surface area contributed by atoms with E-state index in [0.717, 1.165) is 0 Å². The van der Waals surface area contributed by atoms with Crippen molar-refractivity contribution in [2.45, 2.75) is 26.9 Å². The SMILES string of the molecule is Cc1[nH]c(C(=O)O)c(C)c1C(=O)N1CCOC(C)C1. The lowest BCUT2D eigenvalue weighted by molar-refractivity contribution is -0.0124. The quantitative estimate of drug-likeness (QED) is 0.842. The number of hydrogen-bond acceptors (Lipinski definition) is 3. The van der Waals surface area contributed by atoms with Crippen molar-refractivity contribution in [3.05, 3.63) is 22.5 Å². The number of carboxylic acid groups (broad SMARTS) is 1. The van der Waals surface area contributed by atoms with Crippen LogP contribution in [0.3, 0.4) is 0 Å². The third-order valence-electron chi connectivity index (χ3n) is 3.39. The van der Waals surface area contributed by atoms with E-state index in [1.165, 1.54) is 0 Å². The fraction of sp³-hybridized carbons (Fsp3) is 0.538. The minimum absolute atomic E-state index is 0.0104. The van der Waals surface area contributed by atoms with Crippen LogP contribution in [-0.2, 0) is 4.74 Å². The van der Waals surface area contributed by atoms with E-state index in [9.17, 15) is 9.59 Å². The Labute approximate surface area is 111 Å². The number of nitrogens with zero attached hydrogens (tertiary/aromatic N) is 1. The number of ether oxygens (including phenoxy) is 1. The standard InChI is InChI=1S/C13H18N2O4/c1-7-6-15(4-5-19-7)12(16)10-8(2)11(13(17)18)14-9(10)3/h7,14H,4-6H2,1-3H3,(H,17,18). The van der Waals surface area contributed by atoms with Crippen LogP contribution < -0.4 is 0 Å². The maximum atomic E-state index is 12.5. The van der Waals surface area contributed by atoms with E-state index in [0.29, 0.717) is 36.5 Å². The number of rotatable bonds is 2. The van der Waals surface area contributed by atoms with Gasteiger partial charge in [-0.1, -0.05) is 0 Å². The average Bonchev–Trinajstić information content (AvgIpc) is 2.64. The summed E-state index contributed by atoms with van der Waals surface area (Å²) >= 11 is 0. The summed E-state index contributed by atoms with van der Waals surface area (Å²) in [6.45, 7) is 6.88. The van der Waals surface area contributed by atoms with Gasteiger partial charge in [0.25, 0.3) is 5.91 Å². The first kappa shape index (κ1) is 13.6. The zero-order valence-corrected chi connectivity index (χ0v) is 11.3. The Morgan fingerprint density at radius 2 is 2.11 bits per heavy atom. The van der Waals surface area contributed by atoms with Gasteiger partial charge in [0.05, 0.1) is 18.3 Å². The van der Waals surface area contributed by atoms with E-state index in [-0.39, 0.29) is 17.7 Å². The molecule has 1 aromatic rings. The summed E-state index contributed by atoms with van der Waals surface area (Å²) in [4.78, 5) is 28.0. The number of carbonyl (C=O) groups is 2. The highest BCUT2D eigenvalue weighted by molar-refractivity contribution is 6.00. The molecule has 104 valence electrons. The number of amides is 1. The highest BCUT2D eigenvalue weighted by atomic mass is 16.5. The molecule has 0 saturated carbocycles. The molecule has 2 N–H and O–H groups in total. The van der Waals surface area contributed by atoms with Gasteiger partial charge in [0.1, 0.15) is 5.69 Å². The number of H-pyrrole nitrogens is 1. The van der Waals surface area contributed by atoms with Crippen LogP contribution in [0.25, 0.3) is 0 Å². The minimum Gasteiger partial charge on any atom is -0.477 e. The number of hydrogen-bond donors (Lipinski definition) is 2. The fourth-order valence-electron chi connectivity index (χ4n) is 2.45. The number of aryl methyl sites for hydroxylation is 1. The second kappa shape index (κ2) is 5.05. The van der Waals surface area contributed by atoms with E-state index in [4.69, 9.17) is 9.84 Å². The lowest BCUT2D eigenvalue weighted by Gasteiger charge is -2.31. The van der Waals surface area contributed by atoms with Crippen molar-refractivity contribution in [1.82, 2.24) is 9.88 Å². The number of nitrogens with one attached hydrogen (secondary N) is 1. The summed E-state index contributed by atoms with van der Waals surface area (Å²) < 4.78 is 5.40. The molecular formula is C13H18N2O4. The average molecular weight is 266 g/mol. The van der Waals surface area contributed by atoms with Crippen LogP contribution in [0.15, 0.2) is 0 Å². The molecule has 1 unspecified atom stereocenters. The van der Waals surface area contributed by atoms with Crippen molar-refractivity contribution in [2.24, 2.45) is 0 Å². The van der Waals surface area contributed by atoms with E-state index in [2.05, 4.69) is 4.98 Å². The Hall–Kier alpha value is -1.82. The molecule has 1 aliphatic rings.